The number of hydrogen-bond acceptors (Lipinski definition) is 3. The Bertz CT molecular complexity index is 942. The number of piperidine rings is 1. The van der Waals surface area contributed by atoms with Gasteiger partial charge in [0.1, 0.15) is 0 Å². The van der Waals surface area contributed by atoms with Gasteiger partial charge >= 0.3 is 0 Å². The maximum atomic E-state index is 13.4. The second-order valence-electron chi connectivity index (χ2n) is 10.7. The van der Waals surface area contributed by atoms with Gasteiger partial charge in [0.2, 0.25) is 15.9 Å². The number of sulfonamides is 1. The molecule has 1 N–H and O–H groups in total. The van der Waals surface area contributed by atoms with Gasteiger partial charge in [-0.3, -0.25) is 4.79 Å². The number of nitrogens with zero attached hydrogens (tertiary/aromatic N) is 1. The molecule has 1 aliphatic heterocycles. The summed E-state index contributed by atoms with van der Waals surface area (Å²) >= 11 is 0. The summed E-state index contributed by atoms with van der Waals surface area (Å²) in [7, 11) is -3.59. The molecule has 3 saturated carbocycles. The van der Waals surface area contributed by atoms with Gasteiger partial charge in [-0.15, -0.1) is 0 Å². The number of carbonyl (C=O) groups is 1. The summed E-state index contributed by atoms with van der Waals surface area (Å²) < 4.78 is 28.5. The summed E-state index contributed by atoms with van der Waals surface area (Å²) in [6, 6.07) is 6.93. The molecule has 5 rings (SSSR count). The summed E-state index contributed by atoms with van der Waals surface area (Å²) in [6.07, 6.45) is 11.6. The predicted molar refractivity (Wildman–Crippen MR) is 121 cm³/mol. The number of benzene rings is 1. The molecule has 3 aliphatic carbocycles. The Balaban J connectivity index is 1.31. The molecule has 3 unspecified atom stereocenters. The lowest BCUT2D eigenvalue weighted by Gasteiger charge is -2.40. The van der Waals surface area contributed by atoms with E-state index in [0.717, 1.165) is 61.8 Å². The van der Waals surface area contributed by atoms with E-state index in [1.54, 1.807) is 16.4 Å². The Morgan fingerprint density at radius 1 is 1.06 bits per heavy atom. The normalized spacial score (nSPS) is 35.6. The van der Waals surface area contributed by atoms with E-state index in [2.05, 4.69) is 5.32 Å². The molecule has 4 aliphatic rings. The molecular weight excluding hydrogens is 408 g/mol. The summed E-state index contributed by atoms with van der Waals surface area (Å²) in [6.45, 7) is 2.35. The summed E-state index contributed by atoms with van der Waals surface area (Å²) in [5.41, 5.74) is 0.741. The third-order valence-electron chi connectivity index (χ3n) is 8.55. The highest BCUT2D eigenvalue weighted by molar-refractivity contribution is 7.89. The van der Waals surface area contributed by atoms with Crippen molar-refractivity contribution in [1.82, 2.24) is 9.62 Å². The molecular formula is C25H36N2O3S. The maximum absolute atomic E-state index is 13.4. The fourth-order valence-corrected chi connectivity index (χ4v) is 9.25. The van der Waals surface area contributed by atoms with E-state index >= 15 is 0 Å². The number of fused-ring (bicyclic) bond motifs is 2. The molecule has 170 valence electrons. The van der Waals surface area contributed by atoms with E-state index < -0.39 is 10.0 Å². The Morgan fingerprint density at radius 2 is 1.87 bits per heavy atom. The quantitative estimate of drug-likeness (QED) is 0.732. The molecule has 0 radical (unpaired) electrons. The first kappa shape index (κ1) is 21.4. The Morgan fingerprint density at radius 3 is 2.71 bits per heavy atom. The van der Waals surface area contributed by atoms with Crippen LogP contribution < -0.4 is 5.32 Å². The van der Waals surface area contributed by atoms with E-state index in [0.29, 0.717) is 11.4 Å². The predicted octanol–water partition coefficient (Wildman–Crippen LogP) is 4.40. The van der Waals surface area contributed by atoms with Crippen molar-refractivity contribution in [3.63, 3.8) is 0 Å². The second kappa shape index (κ2) is 8.18. The fraction of sp³-hybridized carbons (Fsp3) is 0.720. The van der Waals surface area contributed by atoms with Crippen LogP contribution >= 0.6 is 0 Å². The molecule has 6 heteroatoms. The topological polar surface area (TPSA) is 66.5 Å². The van der Waals surface area contributed by atoms with E-state index in [4.69, 9.17) is 0 Å². The van der Waals surface area contributed by atoms with Crippen molar-refractivity contribution in [2.45, 2.75) is 94.0 Å². The molecule has 5 nitrogen and oxygen atoms in total. The van der Waals surface area contributed by atoms with Gasteiger partial charge in [0.25, 0.3) is 0 Å². The highest BCUT2D eigenvalue weighted by Gasteiger charge is 2.52. The highest BCUT2D eigenvalue weighted by Crippen LogP contribution is 2.55. The lowest BCUT2D eigenvalue weighted by atomic mass is 9.75. The molecule has 3 bridgehead atoms. The van der Waals surface area contributed by atoms with Crippen LogP contribution in [-0.2, 0) is 14.8 Å². The zero-order chi connectivity index (χ0) is 21.6. The van der Waals surface area contributed by atoms with Crippen molar-refractivity contribution in [2.75, 3.05) is 6.54 Å². The van der Waals surface area contributed by atoms with E-state index in [9.17, 15) is 13.2 Å². The second-order valence-corrected chi connectivity index (χ2v) is 12.6. The molecule has 5 atom stereocenters. The van der Waals surface area contributed by atoms with Crippen LogP contribution in [0.4, 0.5) is 0 Å². The van der Waals surface area contributed by atoms with Crippen molar-refractivity contribution in [2.24, 2.45) is 17.8 Å². The Hall–Kier alpha value is -1.40. The number of hydrogen-bond donors (Lipinski definition) is 1. The van der Waals surface area contributed by atoms with Crippen molar-refractivity contribution in [3.05, 3.63) is 29.8 Å². The summed E-state index contributed by atoms with van der Waals surface area (Å²) in [5.74, 6) is 2.38. The minimum atomic E-state index is -3.59. The first-order valence-corrected chi connectivity index (χ1v) is 13.7. The minimum Gasteiger partial charge on any atom is -0.351 e. The van der Waals surface area contributed by atoms with Gasteiger partial charge in [-0.1, -0.05) is 43.9 Å². The SMILES string of the molecule is Cc1ccccc1S(=O)(=O)N1CCCCC1CC(=O)N[C@@]12CC3CCC[C@@H](CC3C1)C2. The standard InChI is InChI=1S/C25H36N2O3S/c1-18-7-2-3-11-23(18)31(29,30)27-12-5-4-10-22(27)14-24(28)26-25-15-19-8-6-9-20(16-25)21(13-19)17-25/h2-3,7,11,19-22H,4-6,8-10,12-17H2,1H3,(H,26,28)/t19-,20?,21?,22?,25-/m0/s1. The smallest absolute Gasteiger partial charge is 0.243 e. The lowest BCUT2D eigenvalue weighted by Crippen LogP contribution is -2.52. The average molecular weight is 445 g/mol. The van der Waals surface area contributed by atoms with Crippen molar-refractivity contribution in [3.8, 4) is 0 Å². The first-order valence-electron chi connectivity index (χ1n) is 12.2. The van der Waals surface area contributed by atoms with Crippen LogP contribution in [0.25, 0.3) is 0 Å². The number of carbonyl (C=O) groups excluding carboxylic acids is 1. The van der Waals surface area contributed by atoms with Gasteiger partial charge in [0.05, 0.1) is 4.90 Å². The summed E-state index contributed by atoms with van der Waals surface area (Å²) in [4.78, 5) is 13.6. The van der Waals surface area contributed by atoms with E-state index in [1.165, 1.54) is 25.7 Å². The first-order chi connectivity index (χ1) is 14.9. The number of amides is 1. The van der Waals surface area contributed by atoms with Crippen LogP contribution in [0.5, 0.6) is 0 Å². The Kier molecular flexibility index (Phi) is 5.66. The molecule has 1 saturated heterocycles. The fourth-order valence-electron chi connectivity index (χ4n) is 7.33. The molecule has 0 spiro atoms. The van der Waals surface area contributed by atoms with Crippen LogP contribution in [0, 0.1) is 24.7 Å². The molecule has 1 aromatic rings. The molecule has 1 aromatic carbocycles. The third kappa shape index (κ3) is 4.06. The molecule has 0 aromatic heterocycles. The van der Waals surface area contributed by atoms with Gasteiger partial charge in [-0.2, -0.15) is 4.31 Å². The number of rotatable bonds is 5. The van der Waals surface area contributed by atoms with E-state index in [-0.39, 0.29) is 23.9 Å². The largest absolute Gasteiger partial charge is 0.351 e. The lowest BCUT2D eigenvalue weighted by molar-refractivity contribution is -0.124. The molecule has 1 heterocycles. The van der Waals surface area contributed by atoms with Gasteiger partial charge in [0.15, 0.2) is 0 Å². The van der Waals surface area contributed by atoms with Crippen molar-refractivity contribution in [1.29, 1.82) is 0 Å². The van der Waals surface area contributed by atoms with Crippen molar-refractivity contribution < 1.29 is 13.2 Å². The highest BCUT2D eigenvalue weighted by atomic mass is 32.2. The van der Waals surface area contributed by atoms with Crippen LogP contribution in [0.3, 0.4) is 0 Å². The van der Waals surface area contributed by atoms with Gasteiger partial charge in [-0.05, 0) is 74.8 Å². The van der Waals surface area contributed by atoms with Gasteiger partial charge in [0, 0.05) is 24.5 Å². The molecule has 1 amide bonds. The average Bonchev–Trinajstić information content (AvgIpc) is 2.87. The number of nitrogens with one attached hydrogen (secondary N) is 1. The summed E-state index contributed by atoms with van der Waals surface area (Å²) in [5, 5.41) is 3.46. The van der Waals surface area contributed by atoms with Crippen LogP contribution in [0.15, 0.2) is 29.2 Å². The molecule has 31 heavy (non-hydrogen) atoms. The number of aryl methyl sites for hydroxylation is 1. The zero-order valence-electron chi connectivity index (χ0n) is 18.7. The van der Waals surface area contributed by atoms with Crippen LogP contribution in [0.2, 0.25) is 0 Å². The van der Waals surface area contributed by atoms with Crippen LogP contribution in [0.1, 0.15) is 76.2 Å². The minimum absolute atomic E-state index is 0.0237. The Labute approximate surface area is 187 Å². The molecule has 4 fully saturated rings. The van der Waals surface area contributed by atoms with Crippen molar-refractivity contribution >= 4 is 15.9 Å². The zero-order valence-corrected chi connectivity index (χ0v) is 19.5. The monoisotopic (exact) mass is 444 g/mol. The van der Waals surface area contributed by atoms with E-state index in [1.807, 2.05) is 19.1 Å². The maximum Gasteiger partial charge on any atom is 0.243 e. The third-order valence-corrected chi connectivity index (χ3v) is 10.7. The van der Waals surface area contributed by atoms with Crippen LogP contribution in [-0.4, -0.2) is 36.8 Å². The van der Waals surface area contributed by atoms with Gasteiger partial charge in [-0.25, -0.2) is 8.42 Å². The van der Waals surface area contributed by atoms with Gasteiger partial charge < -0.3 is 5.32 Å².